The Morgan fingerprint density at radius 1 is 1.24 bits per heavy atom. The Kier molecular flexibility index (Phi) is 4.57. The van der Waals surface area contributed by atoms with Crippen molar-refractivity contribution in [3.63, 3.8) is 0 Å². The topological polar surface area (TPSA) is 36.9 Å². The normalized spacial score (nSPS) is 26.0. The van der Waals surface area contributed by atoms with E-state index in [4.69, 9.17) is 4.74 Å². The molecule has 0 amide bonds. The van der Waals surface area contributed by atoms with Crippen molar-refractivity contribution in [2.45, 2.75) is 58.9 Å². The first kappa shape index (κ1) is 16.6. The molecule has 1 saturated carbocycles. The fourth-order valence-electron chi connectivity index (χ4n) is 3.47. The molecule has 0 radical (unpaired) electrons. The number of nitrogens with one attached hydrogen (secondary N) is 1. The van der Waals surface area contributed by atoms with Gasteiger partial charge in [-0.3, -0.25) is 4.99 Å². The van der Waals surface area contributed by atoms with Crippen LogP contribution in [0.5, 0.6) is 0 Å². The van der Waals surface area contributed by atoms with Gasteiger partial charge in [0.2, 0.25) is 0 Å². The zero-order chi connectivity index (χ0) is 15.7. The molecule has 0 atom stereocenters. The van der Waals surface area contributed by atoms with Crippen molar-refractivity contribution < 1.29 is 4.74 Å². The number of nitrogens with zero attached hydrogens (tertiary/aromatic N) is 2. The molecular formula is C17H33N3O. The Labute approximate surface area is 130 Å². The minimum absolute atomic E-state index is 0.161. The van der Waals surface area contributed by atoms with Crippen molar-refractivity contribution in [3.05, 3.63) is 0 Å². The van der Waals surface area contributed by atoms with Crippen LogP contribution < -0.4 is 5.32 Å². The highest BCUT2D eigenvalue weighted by molar-refractivity contribution is 5.82. The number of guanidine groups is 1. The van der Waals surface area contributed by atoms with Gasteiger partial charge in [-0.15, -0.1) is 0 Å². The first-order chi connectivity index (χ1) is 9.78. The van der Waals surface area contributed by atoms with Crippen molar-refractivity contribution in [2.24, 2.45) is 15.8 Å². The van der Waals surface area contributed by atoms with Gasteiger partial charge in [0.1, 0.15) is 0 Å². The second kappa shape index (κ2) is 5.79. The Hall–Kier alpha value is -0.770. The molecule has 1 aliphatic carbocycles. The molecular weight excluding hydrogens is 262 g/mol. The van der Waals surface area contributed by atoms with Crippen molar-refractivity contribution in [3.8, 4) is 0 Å². The summed E-state index contributed by atoms with van der Waals surface area (Å²) < 4.78 is 5.28. The lowest BCUT2D eigenvalue weighted by molar-refractivity contribution is -0.0674. The van der Waals surface area contributed by atoms with Gasteiger partial charge >= 0.3 is 0 Å². The van der Waals surface area contributed by atoms with Crippen molar-refractivity contribution in [1.82, 2.24) is 10.2 Å². The highest BCUT2D eigenvalue weighted by atomic mass is 16.5. The van der Waals surface area contributed by atoms with Gasteiger partial charge in [0.25, 0.3) is 0 Å². The van der Waals surface area contributed by atoms with Crippen LogP contribution in [0.1, 0.15) is 53.4 Å². The van der Waals surface area contributed by atoms with Gasteiger partial charge < -0.3 is 15.0 Å². The van der Waals surface area contributed by atoms with Gasteiger partial charge in [-0.1, -0.05) is 20.3 Å². The highest BCUT2D eigenvalue weighted by Crippen LogP contribution is 2.47. The zero-order valence-corrected chi connectivity index (χ0v) is 14.8. The Balaban J connectivity index is 1.92. The minimum atomic E-state index is 0.161. The number of rotatable bonds is 5. The summed E-state index contributed by atoms with van der Waals surface area (Å²) in [6.07, 6.45) is 5.14. The number of ether oxygens (including phenoxy) is 1. The number of hydrogen-bond acceptors (Lipinski definition) is 2. The first-order valence-corrected chi connectivity index (χ1v) is 8.25. The molecule has 1 N–H and O–H groups in total. The first-order valence-electron chi connectivity index (χ1n) is 8.25. The fourth-order valence-corrected chi connectivity index (χ4v) is 3.47. The average Bonchev–Trinajstić information content (AvgIpc) is 2.39. The third kappa shape index (κ3) is 2.92. The predicted molar refractivity (Wildman–Crippen MR) is 88.7 cm³/mol. The van der Waals surface area contributed by atoms with Gasteiger partial charge in [-0.2, -0.15) is 0 Å². The standard InChI is InChI=1S/C17H33N3O/c1-15(2)13-20(16(15,3)4)14(18-5)19-12-17(8-7-9-17)10-11-21-6/h7-13H2,1-6H3,(H,18,19). The quantitative estimate of drug-likeness (QED) is 0.626. The van der Waals surface area contributed by atoms with E-state index < -0.39 is 0 Å². The van der Waals surface area contributed by atoms with Crippen LogP contribution in [0.25, 0.3) is 0 Å². The lowest BCUT2D eigenvalue weighted by Crippen LogP contribution is -2.72. The molecule has 4 heteroatoms. The van der Waals surface area contributed by atoms with Crippen molar-refractivity contribution in [2.75, 3.05) is 33.9 Å². The zero-order valence-electron chi connectivity index (χ0n) is 14.8. The van der Waals surface area contributed by atoms with Gasteiger partial charge in [0.15, 0.2) is 5.96 Å². The largest absolute Gasteiger partial charge is 0.385 e. The van der Waals surface area contributed by atoms with Crippen LogP contribution in [0.15, 0.2) is 4.99 Å². The Morgan fingerprint density at radius 3 is 2.29 bits per heavy atom. The summed E-state index contributed by atoms with van der Waals surface area (Å²) in [6.45, 7) is 12.3. The van der Waals surface area contributed by atoms with E-state index >= 15 is 0 Å². The van der Waals surface area contributed by atoms with Crippen LogP contribution in [0, 0.1) is 10.8 Å². The molecule has 21 heavy (non-hydrogen) atoms. The third-order valence-electron chi connectivity index (χ3n) is 6.22. The van der Waals surface area contributed by atoms with Crippen LogP contribution in [0.3, 0.4) is 0 Å². The van der Waals surface area contributed by atoms with E-state index in [1.807, 2.05) is 7.05 Å². The molecule has 0 unspecified atom stereocenters. The summed E-state index contributed by atoms with van der Waals surface area (Å²) in [5.41, 5.74) is 0.930. The number of aliphatic imine (C=N–C) groups is 1. The smallest absolute Gasteiger partial charge is 0.194 e. The van der Waals surface area contributed by atoms with Crippen LogP contribution in [0.4, 0.5) is 0 Å². The lowest BCUT2D eigenvalue weighted by atomic mass is 9.65. The molecule has 122 valence electrons. The minimum Gasteiger partial charge on any atom is -0.385 e. The van der Waals surface area contributed by atoms with E-state index in [1.54, 1.807) is 7.11 Å². The van der Waals surface area contributed by atoms with Gasteiger partial charge in [-0.25, -0.2) is 0 Å². The fraction of sp³-hybridized carbons (Fsp3) is 0.941. The molecule has 1 saturated heterocycles. The second-order valence-corrected chi connectivity index (χ2v) is 8.03. The Bertz CT molecular complexity index is 397. The van der Waals surface area contributed by atoms with Crippen LogP contribution in [-0.2, 0) is 4.74 Å². The summed E-state index contributed by atoms with van der Waals surface area (Å²) in [5.74, 6) is 1.06. The van der Waals surface area contributed by atoms with Crippen molar-refractivity contribution in [1.29, 1.82) is 0 Å². The molecule has 2 rings (SSSR count). The van der Waals surface area contributed by atoms with Gasteiger partial charge in [-0.05, 0) is 38.5 Å². The molecule has 0 aromatic carbocycles. The molecule has 1 aliphatic heterocycles. The summed E-state index contributed by atoms with van der Waals surface area (Å²) in [6, 6.07) is 0. The molecule has 0 aromatic rings. The Morgan fingerprint density at radius 2 is 1.90 bits per heavy atom. The van der Waals surface area contributed by atoms with E-state index in [9.17, 15) is 0 Å². The maximum absolute atomic E-state index is 5.28. The molecule has 2 fully saturated rings. The summed E-state index contributed by atoms with van der Waals surface area (Å²) in [5, 5.41) is 3.64. The molecule has 1 heterocycles. The van der Waals surface area contributed by atoms with Gasteiger partial charge in [0.05, 0.1) is 0 Å². The third-order valence-corrected chi connectivity index (χ3v) is 6.22. The predicted octanol–water partition coefficient (Wildman–Crippen LogP) is 2.89. The SMILES string of the molecule is CN=C(NCC1(CCOC)CCC1)N1CC(C)(C)C1(C)C. The van der Waals surface area contributed by atoms with Crippen molar-refractivity contribution >= 4 is 5.96 Å². The highest BCUT2D eigenvalue weighted by Gasteiger charge is 2.54. The van der Waals surface area contributed by atoms with E-state index in [0.717, 1.165) is 32.1 Å². The van der Waals surface area contributed by atoms with Crippen LogP contribution >= 0.6 is 0 Å². The molecule has 0 spiro atoms. The van der Waals surface area contributed by atoms with E-state index in [2.05, 4.69) is 42.9 Å². The number of likely N-dealkylation sites (tertiary alicyclic amines) is 1. The van der Waals surface area contributed by atoms with Crippen LogP contribution in [-0.4, -0.2) is 50.3 Å². The summed E-state index contributed by atoms with van der Waals surface area (Å²) in [7, 11) is 3.69. The van der Waals surface area contributed by atoms with Crippen LogP contribution in [0.2, 0.25) is 0 Å². The average molecular weight is 295 g/mol. The molecule has 0 bridgehead atoms. The second-order valence-electron chi connectivity index (χ2n) is 8.03. The molecule has 2 aliphatic rings. The monoisotopic (exact) mass is 295 g/mol. The number of hydrogen-bond donors (Lipinski definition) is 1. The summed E-state index contributed by atoms with van der Waals surface area (Å²) in [4.78, 5) is 6.93. The van der Waals surface area contributed by atoms with E-state index in [-0.39, 0.29) is 5.54 Å². The number of methoxy groups -OCH3 is 1. The molecule has 4 nitrogen and oxygen atoms in total. The maximum atomic E-state index is 5.28. The van der Waals surface area contributed by atoms with E-state index in [0.29, 0.717) is 10.8 Å². The maximum Gasteiger partial charge on any atom is 0.194 e. The lowest BCUT2D eigenvalue weighted by Gasteiger charge is -2.62. The molecule has 0 aromatic heterocycles. The van der Waals surface area contributed by atoms with E-state index in [1.165, 1.54) is 19.3 Å². The summed E-state index contributed by atoms with van der Waals surface area (Å²) >= 11 is 0. The van der Waals surface area contributed by atoms with Gasteiger partial charge in [0, 0.05) is 44.8 Å².